The average molecular weight is 275 g/mol. The molecule has 0 radical (unpaired) electrons. The molecule has 1 aliphatic heterocycles. The zero-order valence-corrected chi connectivity index (χ0v) is 11.3. The number of hydrogen-bond donors (Lipinski definition) is 1. The van der Waals surface area contributed by atoms with Crippen molar-refractivity contribution in [2.24, 2.45) is 0 Å². The van der Waals surface area contributed by atoms with Gasteiger partial charge in [-0.05, 0) is 17.7 Å². The summed E-state index contributed by atoms with van der Waals surface area (Å²) in [5.41, 5.74) is 1.04. The first kappa shape index (κ1) is 13.2. The van der Waals surface area contributed by atoms with Gasteiger partial charge >= 0.3 is 0 Å². The minimum absolute atomic E-state index is 0.161. The van der Waals surface area contributed by atoms with Crippen molar-refractivity contribution < 1.29 is 4.39 Å². The molecule has 1 N–H and O–H groups in total. The highest BCUT2D eigenvalue weighted by Gasteiger charge is 2.17. The van der Waals surface area contributed by atoms with E-state index in [4.69, 9.17) is 0 Å². The molecule has 0 saturated carbocycles. The van der Waals surface area contributed by atoms with Crippen LogP contribution in [0.2, 0.25) is 0 Å². The molecule has 1 fully saturated rings. The van der Waals surface area contributed by atoms with Crippen LogP contribution in [0.1, 0.15) is 11.4 Å². The molecule has 6 heteroatoms. The van der Waals surface area contributed by atoms with Crippen LogP contribution >= 0.6 is 0 Å². The van der Waals surface area contributed by atoms with E-state index in [1.165, 1.54) is 12.4 Å². The average Bonchev–Trinajstić information content (AvgIpc) is 2.94. The van der Waals surface area contributed by atoms with Gasteiger partial charge in [-0.3, -0.25) is 14.9 Å². The molecular weight excluding hydrogens is 257 g/mol. The molecule has 0 atom stereocenters. The van der Waals surface area contributed by atoms with E-state index in [2.05, 4.69) is 25.0 Å². The van der Waals surface area contributed by atoms with Crippen molar-refractivity contribution in [3.05, 3.63) is 47.8 Å². The SMILES string of the molecule is Fc1cccc(CN2CCN(Cc3ncn[nH]3)CC2)c1. The summed E-state index contributed by atoms with van der Waals surface area (Å²) < 4.78 is 13.2. The number of aromatic nitrogens is 3. The Morgan fingerprint density at radius 1 is 1.10 bits per heavy atom. The number of aromatic amines is 1. The number of rotatable bonds is 4. The summed E-state index contributed by atoms with van der Waals surface area (Å²) >= 11 is 0. The largest absolute Gasteiger partial charge is 0.297 e. The predicted octanol–water partition coefficient (Wildman–Crippen LogP) is 1.26. The number of piperazine rings is 1. The number of halogens is 1. The van der Waals surface area contributed by atoms with E-state index in [0.29, 0.717) is 0 Å². The fourth-order valence-electron chi connectivity index (χ4n) is 2.52. The minimum Gasteiger partial charge on any atom is -0.297 e. The van der Waals surface area contributed by atoms with Gasteiger partial charge in [0.2, 0.25) is 0 Å². The molecule has 1 aromatic heterocycles. The Morgan fingerprint density at radius 3 is 2.50 bits per heavy atom. The molecule has 0 aliphatic carbocycles. The second-order valence-electron chi connectivity index (χ2n) is 5.11. The van der Waals surface area contributed by atoms with E-state index in [0.717, 1.165) is 50.7 Å². The Labute approximate surface area is 117 Å². The van der Waals surface area contributed by atoms with Gasteiger partial charge in [0.1, 0.15) is 18.0 Å². The number of nitrogens with zero attached hydrogens (tertiary/aromatic N) is 4. The van der Waals surface area contributed by atoms with Gasteiger partial charge in [-0.1, -0.05) is 12.1 Å². The number of nitrogens with one attached hydrogen (secondary N) is 1. The van der Waals surface area contributed by atoms with Gasteiger partial charge < -0.3 is 0 Å². The maximum atomic E-state index is 13.2. The maximum Gasteiger partial charge on any atom is 0.138 e. The summed E-state index contributed by atoms with van der Waals surface area (Å²) in [7, 11) is 0. The van der Waals surface area contributed by atoms with Crippen LogP contribution in [0, 0.1) is 5.82 Å². The first-order valence-corrected chi connectivity index (χ1v) is 6.83. The minimum atomic E-state index is -0.161. The lowest BCUT2D eigenvalue weighted by molar-refractivity contribution is 0.120. The van der Waals surface area contributed by atoms with Crippen LogP contribution in [0.4, 0.5) is 4.39 Å². The van der Waals surface area contributed by atoms with Crippen LogP contribution in [0.15, 0.2) is 30.6 Å². The summed E-state index contributed by atoms with van der Waals surface area (Å²) in [6.45, 7) is 5.60. The molecule has 106 valence electrons. The molecule has 20 heavy (non-hydrogen) atoms. The summed E-state index contributed by atoms with van der Waals surface area (Å²) in [6, 6.07) is 6.84. The third-order valence-electron chi connectivity index (χ3n) is 3.60. The van der Waals surface area contributed by atoms with Crippen LogP contribution < -0.4 is 0 Å². The van der Waals surface area contributed by atoms with E-state index in [1.54, 1.807) is 12.1 Å². The third-order valence-corrected chi connectivity index (χ3v) is 3.60. The van der Waals surface area contributed by atoms with E-state index < -0.39 is 0 Å². The number of H-pyrrole nitrogens is 1. The van der Waals surface area contributed by atoms with Crippen LogP contribution in [-0.4, -0.2) is 51.2 Å². The molecule has 0 bridgehead atoms. The standard InChI is InChI=1S/C14H18FN5/c15-13-3-1-2-12(8-13)9-19-4-6-20(7-5-19)10-14-16-11-17-18-14/h1-3,8,11H,4-7,9-10H2,(H,16,17,18). The monoisotopic (exact) mass is 275 g/mol. The van der Waals surface area contributed by atoms with E-state index in [1.807, 2.05) is 6.07 Å². The van der Waals surface area contributed by atoms with Gasteiger partial charge in [-0.25, -0.2) is 9.37 Å². The van der Waals surface area contributed by atoms with Crippen LogP contribution in [0.5, 0.6) is 0 Å². The summed E-state index contributed by atoms with van der Waals surface area (Å²) in [4.78, 5) is 8.85. The molecule has 0 spiro atoms. The lowest BCUT2D eigenvalue weighted by atomic mass is 10.2. The molecule has 3 rings (SSSR count). The quantitative estimate of drug-likeness (QED) is 0.912. The molecular formula is C14H18FN5. The van der Waals surface area contributed by atoms with Gasteiger partial charge in [0.25, 0.3) is 0 Å². The first-order valence-electron chi connectivity index (χ1n) is 6.83. The lowest BCUT2D eigenvalue weighted by Crippen LogP contribution is -2.45. The van der Waals surface area contributed by atoms with Gasteiger partial charge in [-0.2, -0.15) is 5.10 Å². The normalized spacial score (nSPS) is 17.4. The fourth-order valence-corrected chi connectivity index (χ4v) is 2.52. The molecule has 5 nitrogen and oxygen atoms in total. The van der Waals surface area contributed by atoms with Crippen molar-refractivity contribution in [2.75, 3.05) is 26.2 Å². The first-order chi connectivity index (χ1) is 9.79. The third kappa shape index (κ3) is 3.40. The smallest absolute Gasteiger partial charge is 0.138 e. The molecule has 0 unspecified atom stereocenters. The fraction of sp³-hybridized carbons (Fsp3) is 0.429. The van der Waals surface area contributed by atoms with Crippen molar-refractivity contribution in [2.45, 2.75) is 13.1 Å². The Hall–Kier alpha value is -1.79. The van der Waals surface area contributed by atoms with Gasteiger partial charge in [0, 0.05) is 32.7 Å². The van der Waals surface area contributed by atoms with Crippen molar-refractivity contribution >= 4 is 0 Å². The second-order valence-corrected chi connectivity index (χ2v) is 5.11. The van der Waals surface area contributed by atoms with Crippen LogP contribution in [-0.2, 0) is 13.1 Å². The molecule has 2 aromatic rings. The highest BCUT2D eigenvalue weighted by atomic mass is 19.1. The van der Waals surface area contributed by atoms with Crippen molar-refractivity contribution in [3.8, 4) is 0 Å². The topological polar surface area (TPSA) is 48.1 Å². The van der Waals surface area contributed by atoms with E-state index >= 15 is 0 Å². The Bertz CT molecular complexity index is 534. The summed E-state index contributed by atoms with van der Waals surface area (Å²) in [5.74, 6) is 0.745. The Morgan fingerprint density at radius 2 is 1.85 bits per heavy atom. The molecule has 1 saturated heterocycles. The lowest BCUT2D eigenvalue weighted by Gasteiger charge is -2.34. The Balaban J connectivity index is 1.48. The van der Waals surface area contributed by atoms with Crippen molar-refractivity contribution in [1.82, 2.24) is 25.0 Å². The van der Waals surface area contributed by atoms with Crippen LogP contribution in [0.25, 0.3) is 0 Å². The van der Waals surface area contributed by atoms with E-state index in [9.17, 15) is 4.39 Å². The Kier molecular flexibility index (Phi) is 4.03. The highest BCUT2D eigenvalue weighted by molar-refractivity contribution is 5.16. The second kappa shape index (κ2) is 6.11. The predicted molar refractivity (Wildman–Crippen MR) is 73.3 cm³/mol. The van der Waals surface area contributed by atoms with Gasteiger partial charge in [0.15, 0.2) is 0 Å². The van der Waals surface area contributed by atoms with Crippen LogP contribution in [0.3, 0.4) is 0 Å². The maximum absolute atomic E-state index is 13.2. The van der Waals surface area contributed by atoms with Crippen molar-refractivity contribution in [3.63, 3.8) is 0 Å². The number of benzene rings is 1. The summed E-state index contributed by atoms with van der Waals surface area (Å²) in [5, 5.41) is 6.74. The zero-order valence-electron chi connectivity index (χ0n) is 11.3. The molecule has 1 aliphatic rings. The zero-order chi connectivity index (χ0) is 13.8. The molecule has 0 amide bonds. The highest BCUT2D eigenvalue weighted by Crippen LogP contribution is 2.11. The molecule has 2 heterocycles. The summed E-state index contributed by atoms with van der Waals surface area (Å²) in [6.07, 6.45) is 1.54. The number of hydrogen-bond acceptors (Lipinski definition) is 4. The van der Waals surface area contributed by atoms with Crippen molar-refractivity contribution in [1.29, 1.82) is 0 Å². The van der Waals surface area contributed by atoms with Gasteiger partial charge in [0.05, 0.1) is 6.54 Å². The molecule has 1 aromatic carbocycles. The van der Waals surface area contributed by atoms with E-state index in [-0.39, 0.29) is 5.82 Å². The van der Waals surface area contributed by atoms with Gasteiger partial charge in [-0.15, -0.1) is 0 Å².